The molecule has 0 amide bonds. The SMILES string of the molecule is C[Si](C)(C)c1ccc(-c2[c-]cccc2)nc1.[B].[CH3-].[Ir].[Y+3].[Y].[c-]1ccc(-c2[c-]c(-c3nc4ccccc4n3-c3ccccc3)[c-]cc2)[c-]c1-c1[c-]cccc1. The van der Waals surface area contributed by atoms with Crippen LogP contribution in [0.3, 0.4) is 0 Å². The fourth-order valence-electron chi connectivity index (χ4n) is 5.55. The van der Waals surface area contributed by atoms with Crippen LogP contribution in [-0.4, -0.2) is 31.0 Å². The average Bonchev–Trinajstić information content (AvgIpc) is 3.56. The number of para-hydroxylation sites is 3. The molecule has 0 atom stereocenters. The van der Waals surface area contributed by atoms with Crippen molar-refractivity contribution in [3.05, 3.63) is 190 Å². The second kappa shape index (κ2) is 22.0. The van der Waals surface area contributed by atoms with E-state index in [1.54, 1.807) is 0 Å². The monoisotopic (exact) mass is 1040 g/mol. The van der Waals surface area contributed by atoms with Gasteiger partial charge < -0.3 is 50.8 Å². The Bertz CT molecular complexity index is 2310. The van der Waals surface area contributed by atoms with E-state index in [-0.39, 0.29) is 101 Å². The molecular weight excluding hydrogens is 1000 g/mol. The van der Waals surface area contributed by atoms with Gasteiger partial charge in [-0.2, -0.15) is 17.7 Å². The molecule has 0 aliphatic heterocycles. The van der Waals surface area contributed by atoms with Crippen LogP contribution in [0.25, 0.3) is 61.6 Å². The largest absolute Gasteiger partial charge is 3.00 e. The quantitative estimate of drug-likeness (QED) is 0.123. The zero-order chi connectivity index (χ0) is 33.6. The summed E-state index contributed by atoms with van der Waals surface area (Å²) in [5.74, 6) is 0.809. The Morgan fingerprint density at radius 1 is 0.574 bits per heavy atom. The minimum atomic E-state index is -1.23. The minimum absolute atomic E-state index is 0. The molecular formula is C46H36BIrN3SiY2-4. The van der Waals surface area contributed by atoms with Gasteiger partial charge in [0.25, 0.3) is 0 Å². The second-order valence-corrected chi connectivity index (χ2v) is 17.7. The number of nitrogens with zero attached hydrogens (tertiary/aromatic N) is 3. The summed E-state index contributed by atoms with van der Waals surface area (Å²) >= 11 is 0. The van der Waals surface area contributed by atoms with E-state index in [9.17, 15) is 0 Å². The molecule has 3 nitrogen and oxygen atoms in total. The molecule has 0 saturated carbocycles. The summed E-state index contributed by atoms with van der Waals surface area (Å²) in [5.41, 5.74) is 9.63. The standard InChI is InChI=1S/C31H17N2.C14H16NSi.CH3.B.Ir.2Y/c1-3-11-23(12-4-1)24-13-9-14-25(21-24)26-15-10-16-27(22-26)31-32-29-19-7-8-20-30(29)33(31)28-17-5-2-6-18-28;1-16(2,3)13-9-10-14(15-11-13)12-7-5-4-6-8-12;;;;;/h1-11,14-15,17-20H;4-7,9-11H,1-3H3;1H3;;;;/q-5;2*-1;;;;+3. The third-order valence-corrected chi connectivity index (χ3v) is 10.2. The molecule has 0 bridgehead atoms. The van der Waals surface area contributed by atoms with E-state index in [1.807, 2.05) is 115 Å². The molecule has 261 valence electrons. The van der Waals surface area contributed by atoms with Crippen molar-refractivity contribution in [3.63, 3.8) is 0 Å². The molecule has 0 fully saturated rings. The van der Waals surface area contributed by atoms with E-state index in [4.69, 9.17) is 4.98 Å². The maximum Gasteiger partial charge on any atom is 3.00 e. The molecule has 2 aromatic heterocycles. The number of fused-ring (bicyclic) bond motifs is 1. The molecule has 0 N–H and O–H groups in total. The molecule has 0 saturated heterocycles. The van der Waals surface area contributed by atoms with Crippen LogP contribution in [0.1, 0.15) is 0 Å². The first-order valence-electron chi connectivity index (χ1n) is 16.3. The van der Waals surface area contributed by atoms with Crippen molar-refractivity contribution in [3.8, 4) is 50.6 Å². The van der Waals surface area contributed by atoms with Gasteiger partial charge in [0.2, 0.25) is 0 Å². The average molecular weight is 1040 g/mol. The van der Waals surface area contributed by atoms with Crippen molar-refractivity contribution in [2.45, 2.75) is 19.6 Å². The third kappa shape index (κ3) is 11.3. The van der Waals surface area contributed by atoms with Gasteiger partial charge in [-0.3, -0.25) is 17.7 Å². The van der Waals surface area contributed by atoms with Gasteiger partial charge >= 0.3 is 32.7 Å². The second-order valence-electron chi connectivity index (χ2n) is 12.6. The van der Waals surface area contributed by atoms with Crippen LogP contribution in [-0.2, 0) is 85.5 Å². The summed E-state index contributed by atoms with van der Waals surface area (Å²) in [6.45, 7) is 7.00. The summed E-state index contributed by atoms with van der Waals surface area (Å²) < 4.78 is 2.16. The molecule has 5 radical (unpaired) electrons. The van der Waals surface area contributed by atoms with Crippen molar-refractivity contribution in [1.29, 1.82) is 0 Å². The van der Waals surface area contributed by atoms with E-state index in [2.05, 4.69) is 95.9 Å². The number of imidazole rings is 1. The molecule has 2 heterocycles. The topological polar surface area (TPSA) is 30.7 Å². The smallest absolute Gasteiger partial charge is 0.408 e. The summed E-state index contributed by atoms with van der Waals surface area (Å²) in [5, 5.41) is 1.40. The molecule has 8 aromatic rings. The first-order chi connectivity index (χ1) is 23.9. The van der Waals surface area contributed by atoms with Crippen LogP contribution in [0.2, 0.25) is 19.6 Å². The van der Waals surface area contributed by atoms with E-state index >= 15 is 0 Å². The van der Waals surface area contributed by atoms with Gasteiger partial charge in [0.15, 0.2) is 0 Å². The Morgan fingerprint density at radius 2 is 1.15 bits per heavy atom. The Kier molecular flexibility index (Phi) is 19.2. The maximum atomic E-state index is 4.94. The van der Waals surface area contributed by atoms with Crippen LogP contribution < -0.4 is 5.19 Å². The van der Waals surface area contributed by atoms with Gasteiger partial charge in [0, 0.05) is 78.9 Å². The number of hydrogen-bond acceptors (Lipinski definition) is 2. The number of rotatable bonds is 6. The fraction of sp³-hybridized carbons (Fsp3) is 0.0652. The third-order valence-electron chi connectivity index (χ3n) is 8.16. The first kappa shape index (κ1) is 47.2. The van der Waals surface area contributed by atoms with Gasteiger partial charge in [-0.1, -0.05) is 62.1 Å². The fourth-order valence-corrected chi connectivity index (χ4v) is 6.59. The van der Waals surface area contributed by atoms with Gasteiger partial charge in [0.05, 0.1) is 19.1 Å². The van der Waals surface area contributed by atoms with Crippen molar-refractivity contribution < 1.29 is 85.5 Å². The van der Waals surface area contributed by atoms with E-state index in [1.165, 1.54) is 5.19 Å². The maximum absolute atomic E-state index is 4.94. The normalized spacial score (nSPS) is 10.1. The van der Waals surface area contributed by atoms with E-state index < -0.39 is 8.07 Å². The molecule has 0 aliphatic rings. The first-order valence-corrected chi connectivity index (χ1v) is 19.8. The zero-order valence-electron chi connectivity index (χ0n) is 30.8. The Balaban J connectivity index is 0.000000414. The Hall–Kier alpha value is -2.92. The minimum Gasteiger partial charge on any atom is -0.408 e. The van der Waals surface area contributed by atoms with Gasteiger partial charge in [0.1, 0.15) is 0 Å². The van der Waals surface area contributed by atoms with Crippen molar-refractivity contribution in [2.75, 3.05) is 0 Å². The van der Waals surface area contributed by atoms with E-state index in [0.717, 1.165) is 61.6 Å². The van der Waals surface area contributed by atoms with Gasteiger partial charge in [-0.05, 0) is 35.1 Å². The van der Waals surface area contributed by atoms with Crippen LogP contribution in [0.15, 0.2) is 146 Å². The van der Waals surface area contributed by atoms with E-state index in [0.29, 0.717) is 0 Å². The van der Waals surface area contributed by atoms with Crippen molar-refractivity contribution >= 4 is 32.7 Å². The number of benzene rings is 6. The molecule has 54 heavy (non-hydrogen) atoms. The number of hydrogen-bond donors (Lipinski definition) is 0. The number of pyridine rings is 1. The van der Waals surface area contributed by atoms with Gasteiger partial charge in [-0.15, -0.1) is 42.0 Å². The Morgan fingerprint density at radius 3 is 1.74 bits per heavy atom. The summed E-state index contributed by atoms with van der Waals surface area (Å²) in [6.07, 6.45) is 2.02. The predicted octanol–water partition coefficient (Wildman–Crippen LogP) is 10.2. The molecule has 8 rings (SSSR count). The van der Waals surface area contributed by atoms with Crippen molar-refractivity contribution in [2.24, 2.45) is 0 Å². The van der Waals surface area contributed by atoms with Crippen LogP contribution >= 0.6 is 0 Å². The molecule has 0 unspecified atom stereocenters. The molecule has 0 spiro atoms. The van der Waals surface area contributed by atoms with Crippen LogP contribution in [0, 0.1) is 43.8 Å². The Labute approximate surface area is 388 Å². The predicted molar refractivity (Wildman–Crippen MR) is 215 cm³/mol. The summed E-state index contributed by atoms with van der Waals surface area (Å²) in [4.78, 5) is 9.46. The van der Waals surface area contributed by atoms with Gasteiger partial charge in [-0.25, -0.2) is 36.4 Å². The molecule has 0 aliphatic carbocycles. The zero-order valence-corrected chi connectivity index (χ0v) is 39.8. The van der Waals surface area contributed by atoms with Crippen LogP contribution in [0.4, 0.5) is 0 Å². The molecule has 8 heteroatoms. The summed E-state index contributed by atoms with van der Waals surface area (Å²) in [6, 6.07) is 66.5. The summed E-state index contributed by atoms with van der Waals surface area (Å²) in [7, 11) is -1.23. The number of aromatic nitrogens is 3. The molecule has 6 aromatic carbocycles. The van der Waals surface area contributed by atoms with Crippen LogP contribution in [0.5, 0.6) is 0 Å². The van der Waals surface area contributed by atoms with Crippen molar-refractivity contribution in [1.82, 2.24) is 14.5 Å².